The number of carbonyl (C=O) groups excluding carboxylic acids is 2. The molecule has 0 spiro atoms. The summed E-state index contributed by atoms with van der Waals surface area (Å²) in [5, 5.41) is 0. The van der Waals surface area contributed by atoms with Crippen LogP contribution in [0.3, 0.4) is 0 Å². The molecule has 0 aliphatic rings. The van der Waals surface area contributed by atoms with Gasteiger partial charge in [0.2, 0.25) is 0 Å². The summed E-state index contributed by atoms with van der Waals surface area (Å²) in [4.78, 5) is 22.6. The molecule has 1 unspecified atom stereocenters. The molecule has 0 aromatic heterocycles. The van der Waals surface area contributed by atoms with Gasteiger partial charge in [0, 0.05) is 12.8 Å². The van der Waals surface area contributed by atoms with Gasteiger partial charge in [-0.3, -0.25) is 9.59 Å². The van der Waals surface area contributed by atoms with Crippen LogP contribution >= 0.6 is 0 Å². The molecule has 0 amide bonds. The predicted molar refractivity (Wildman–Crippen MR) is 74.7 cm³/mol. The van der Waals surface area contributed by atoms with Gasteiger partial charge in [-0.15, -0.1) is 0 Å². The Bertz CT molecular complexity index is 251. The summed E-state index contributed by atoms with van der Waals surface area (Å²) in [6, 6.07) is 0. The van der Waals surface area contributed by atoms with E-state index in [0.29, 0.717) is 32.0 Å². The Hall–Kier alpha value is -1.06. The Balaban J connectivity index is 3.38. The molecule has 0 radical (unpaired) electrons. The third-order valence-electron chi connectivity index (χ3n) is 2.95. The summed E-state index contributed by atoms with van der Waals surface area (Å²) in [7, 11) is 0. The van der Waals surface area contributed by atoms with Crippen LogP contribution in [-0.4, -0.2) is 25.2 Å². The molecule has 0 aliphatic heterocycles. The van der Waals surface area contributed by atoms with Crippen LogP contribution < -0.4 is 0 Å². The van der Waals surface area contributed by atoms with Crippen LogP contribution in [0.1, 0.15) is 65.7 Å². The van der Waals surface area contributed by atoms with Crippen molar-refractivity contribution in [3.63, 3.8) is 0 Å². The van der Waals surface area contributed by atoms with Gasteiger partial charge in [0.05, 0.1) is 13.2 Å². The van der Waals surface area contributed by atoms with Gasteiger partial charge in [-0.25, -0.2) is 0 Å². The molecule has 0 aromatic carbocycles. The van der Waals surface area contributed by atoms with Crippen LogP contribution in [0.2, 0.25) is 0 Å². The minimum atomic E-state index is -0.138. The summed E-state index contributed by atoms with van der Waals surface area (Å²) in [5.41, 5.74) is 0. The predicted octanol–water partition coefficient (Wildman–Crippen LogP) is 3.48. The molecule has 4 nitrogen and oxygen atoms in total. The van der Waals surface area contributed by atoms with E-state index in [4.69, 9.17) is 9.47 Å². The van der Waals surface area contributed by atoms with Gasteiger partial charge in [0.15, 0.2) is 0 Å². The SMILES string of the molecule is CCCOC(=O)CCCCCC(=O)OCC(C)CC. The van der Waals surface area contributed by atoms with Gasteiger partial charge in [0.25, 0.3) is 0 Å². The lowest BCUT2D eigenvalue weighted by molar-refractivity contribution is -0.145. The van der Waals surface area contributed by atoms with E-state index in [1.54, 1.807) is 0 Å². The van der Waals surface area contributed by atoms with Gasteiger partial charge >= 0.3 is 11.9 Å². The lowest BCUT2D eigenvalue weighted by Gasteiger charge is -2.09. The lowest BCUT2D eigenvalue weighted by Crippen LogP contribution is -2.11. The summed E-state index contributed by atoms with van der Waals surface area (Å²) >= 11 is 0. The number of carbonyl (C=O) groups is 2. The highest BCUT2D eigenvalue weighted by Crippen LogP contribution is 2.07. The van der Waals surface area contributed by atoms with E-state index in [0.717, 1.165) is 32.1 Å². The van der Waals surface area contributed by atoms with Crippen LogP contribution in [-0.2, 0) is 19.1 Å². The molecule has 112 valence electrons. The normalized spacial score (nSPS) is 11.9. The highest BCUT2D eigenvalue weighted by Gasteiger charge is 2.06. The standard InChI is InChI=1S/C15H28O4/c1-4-11-18-14(16)9-7-6-8-10-15(17)19-12-13(3)5-2/h13H,4-12H2,1-3H3. The van der Waals surface area contributed by atoms with Gasteiger partial charge < -0.3 is 9.47 Å². The van der Waals surface area contributed by atoms with Crippen molar-refractivity contribution in [3.05, 3.63) is 0 Å². The first-order chi connectivity index (χ1) is 9.10. The molecule has 0 N–H and O–H groups in total. The fraction of sp³-hybridized carbons (Fsp3) is 0.867. The van der Waals surface area contributed by atoms with E-state index in [1.165, 1.54) is 0 Å². The largest absolute Gasteiger partial charge is 0.466 e. The lowest BCUT2D eigenvalue weighted by atomic mass is 10.1. The maximum Gasteiger partial charge on any atom is 0.305 e. The number of unbranched alkanes of at least 4 members (excludes halogenated alkanes) is 2. The molecule has 0 saturated heterocycles. The summed E-state index contributed by atoms with van der Waals surface area (Å²) < 4.78 is 10.1. The summed E-state index contributed by atoms with van der Waals surface area (Å²) in [6.45, 7) is 7.13. The Morgan fingerprint density at radius 2 is 1.53 bits per heavy atom. The zero-order valence-corrected chi connectivity index (χ0v) is 12.6. The van der Waals surface area contributed by atoms with E-state index >= 15 is 0 Å². The molecule has 0 aliphatic carbocycles. The third-order valence-corrected chi connectivity index (χ3v) is 2.95. The van der Waals surface area contributed by atoms with E-state index in [-0.39, 0.29) is 11.9 Å². The zero-order chi connectivity index (χ0) is 14.5. The number of esters is 2. The number of hydrogen-bond donors (Lipinski definition) is 0. The zero-order valence-electron chi connectivity index (χ0n) is 12.6. The van der Waals surface area contributed by atoms with Crippen LogP contribution in [0.4, 0.5) is 0 Å². The topological polar surface area (TPSA) is 52.6 Å². The molecular formula is C15H28O4. The molecular weight excluding hydrogens is 244 g/mol. The van der Waals surface area contributed by atoms with E-state index in [2.05, 4.69) is 13.8 Å². The molecule has 0 heterocycles. The number of hydrogen-bond acceptors (Lipinski definition) is 4. The number of rotatable bonds is 11. The molecule has 4 heteroatoms. The van der Waals surface area contributed by atoms with Gasteiger partial charge in [0.1, 0.15) is 0 Å². The fourth-order valence-corrected chi connectivity index (χ4v) is 1.43. The average Bonchev–Trinajstić information content (AvgIpc) is 2.41. The van der Waals surface area contributed by atoms with Crippen LogP contribution in [0, 0.1) is 5.92 Å². The second-order valence-corrected chi connectivity index (χ2v) is 4.98. The van der Waals surface area contributed by atoms with Crippen LogP contribution in [0.25, 0.3) is 0 Å². The fourth-order valence-electron chi connectivity index (χ4n) is 1.43. The van der Waals surface area contributed by atoms with E-state index < -0.39 is 0 Å². The highest BCUT2D eigenvalue weighted by atomic mass is 16.5. The molecule has 0 bridgehead atoms. The van der Waals surface area contributed by atoms with Crippen LogP contribution in [0.15, 0.2) is 0 Å². The second kappa shape index (κ2) is 12.0. The average molecular weight is 272 g/mol. The van der Waals surface area contributed by atoms with E-state index in [1.807, 2.05) is 6.92 Å². The first-order valence-corrected chi connectivity index (χ1v) is 7.41. The van der Waals surface area contributed by atoms with Crippen molar-refractivity contribution in [2.24, 2.45) is 5.92 Å². The Labute approximate surface area is 116 Å². The molecule has 0 rings (SSSR count). The van der Waals surface area contributed by atoms with Gasteiger partial charge in [-0.2, -0.15) is 0 Å². The molecule has 0 saturated carbocycles. The van der Waals surface area contributed by atoms with Crippen LogP contribution in [0.5, 0.6) is 0 Å². The second-order valence-electron chi connectivity index (χ2n) is 4.98. The molecule has 1 atom stereocenters. The molecule has 0 fully saturated rings. The molecule has 19 heavy (non-hydrogen) atoms. The van der Waals surface area contributed by atoms with Gasteiger partial charge in [-0.1, -0.05) is 33.6 Å². The van der Waals surface area contributed by atoms with Crippen molar-refractivity contribution in [1.82, 2.24) is 0 Å². The maximum atomic E-state index is 11.4. The Morgan fingerprint density at radius 3 is 2.05 bits per heavy atom. The summed E-state index contributed by atoms with van der Waals surface area (Å²) in [5.74, 6) is 0.160. The third kappa shape index (κ3) is 11.7. The highest BCUT2D eigenvalue weighted by molar-refractivity contribution is 5.69. The smallest absolute Gasteiger partial charge is 0.305 e. The van der Waals surface area contributed by atoms with E-state index in [9.17, 15) is 9.59 Å². The first kappa shape index (κ1) is 17.9. The first-order valence-electron chi connectivity index (χ1n) is 7.41. The maximum absolute atomic E-state index is 11.4. The minimum absolute atomic E-state index is 0.131. The number of ether oxygens (including phenoxy) is 2. The molecule has 0 aromatic rings. The van der Waals surface area contributed by atoms with Crippen molar-refractivity contribution in [2.45, 2.75) is 65.7 Å². The van der Waals surface area contributed by atoms with Crippen molar-refractivity contribution < 1.29 is 19.1 Å². The van der Waals surface area contributed by atoms with Crippen molar-refractivity contribution >= 4 is 11.9 Å². The minimum Gasteiger partial charge on any atom is -0.466 e. The Kier molecular flexibility index (Phi) is 11.3. The van der Waals surface area contributed by atoms with Crippen molar-refractivity contribution in [3.8, 4) is 0 Å². The quantitative estimate of drug-likeness (QED) is 0.427. The van der Waals surface area contributed by atoms with Crippen molar-refractivity contribution in [2.75, 3.05) is 13.2 Å². The Morgan fingerprint density at radius 1 is 0.947 bits per heavy atom. The summed E-state index contributed by atoms with van der Waals surface area (Å²) in [6.07, 6.45) is 5.19. The van der Waals surface area contributed by atoms with Crippen molar-refractivity contribution in [1.29, 1.82) is 0 Å². The van der Waals surface area contributed by atoms with Gasteiger partial charge in [-0.05, 0) is 25.2 Å². The monoisotopic (exact) mass is 272 g/mol.